The molecule has 0 unspecified atom stereocenters. The lowest BCUT2D eigenvalue weighted by molar-refractivity contribution is -0.137. The maximum Gasteiger partial charge on any atom is 0.416 e. The van der Waals surface area contributed by atoms with Gasteiger partial charge < -0.3 is 4.74 Å². The maximum absolute atomic E-state index is 12.8. The minimum absolute atomic E-state index is 0.0181. The van der Waals surface area contributed by atoms with E-state index in [4.69, 9.17) is 9.84 Å². The first-order valence-corrected chi connectivity index (χ1v) is 12.7. The van der Waals surface area contributed by atoms with Gasteiger partial charge in [0.1, 0.15) is 12.4 Å². The van der Waals surface area contributed by atoms with Crippen molar-refractivity contribution in [1.82, 2.24) is 14.5 Å². The predicted molar refractivity (Wildman–Crippen MR) is 135 cm³/mol. The largest absolute Gasteiger partial charge is 0.487 e. The lowest BCUT2D eigenvalue weighted by atomic mass is 9.72. The first-order chi connectivity index (χ1) is 16.5. The summed E-state index contributed by atoms with van der Waals surface area (Å²) >= 11 is 1.78. The molecule has 0 atom stereocenters. The second-order valence-corrected chi connectivity index (χ2v) is 11.6. The average molecular weight is 504 g/mol. The normalized spacial score (nSPS) is 15.6. The molecule has 3 aromatic rings. The molecule has 1 aliphatic carbocycles. The van der Waals surface area contributed by atoms with E-state index in [-0.39, 0.29) is 16.9 Å². The molecule has 4 rings (SSSR count). The van der Waals surface area contributed by atoms with E-state index < -0.39 is 11.7 Å². The van der Waals surface area contributed by atoms with Crippen LogP contribution in [0.1, 0.15) is 63.8 Å². The molecule has 188 valence electrons. The Morgan fingerprint density at radius 3 is 2.34 bits per heavy atom. The molecule has 0 saturated heterocycles. The third kappa shape index (κ3) is 6.04. The van der Waals surface area contributed by atoms with Crippen LogP contribution in [0.15, 0.2) is 54.6 Å². The van der Waals surface area contributed by atoms with Crippen molar-refractivity contribution in [3.8, 4) is 17.0 Å². The number of alkyl halides is 3. The summed E-state index contributed by atoms with van der Waals surface area (Å²) in [6.07, 6.45) is -0.941. The third-order valence-electron chi connectivity index (χ3n) is 6.20. The number of hydrogen-bond donors (Lipinski definition) is 1. The summed E-state index contributed by atoms with van der Waals surface area (Å²) in [7, 11) is 0. The third-order valence-corrected chi connectivity index (χ3v) is 7.31. The van der Waals surface area contributed by atoms with Crippen LogP contribution in [0.3, 0.4) is 0 Å². The maximum atomic E-state index is 12.8. The summed E-state index contributed by atoms with van der Waals surface area (Å²) in [4.78, 5) is 0. The fourth-order valence-electron chi connectivity index (χ4n) is 4.09. The molecule has 4 nitrogen and oxygen atoms in total. The summed E-state index contributed by atoms with van der Waals surface area (Å²) < 4.78 is 49.9. The molecule has 0 spiro atoms. The van der Waals surface area contributed by atoms with Crippen LogP contribution in [-0.2, 0) is 24.9 Å². The fourth-order valence-corrected chi connectivity index (χ4v) is 4.91. The smallest absolute Gasteiger partial charge is 0.416 e. The topological polar surface area (TPSA) is 39.1 Å². The number of hydrogen-bond acceptors (Lipinski definition) is 4. The van der Waals surface area contributed by atoms with Crippen LogP contribution in [0.25, 0.3) is 11.3 Å². The van der Waals surface area contributed by atoms with E-state index in [0.717, 1.165) is 41.9 Å². The number of aryl methyl sites for hydroxylation is 1. The van der Waals surface area contributed by atoms with Gasteiger partial charge >= 0.3 is 6.18 Å². The molecular weight excluding hydrogens is 471 g/mol. The van der Waals surface area contributed by atoms with Crippen LogP contribution in [0.4, 0.5) is 13.2 Å². The van der Waals surface area contributed by atoms with Crippen LogP contribution >= 0.6 is 11.9 Å². The zero-order valence-electron chi connectivity index (χ0n) is 20.6. The predicted octanol–water partition coefficient (Wildman–Crippen LogP) is 7.58. The number of halogens is 3. The molecule has 8 heteroatoms. The Hall–Kier alpha value is -2.45. The molecule has 1 saturated carbocycles. The van der Waals surface area contributed by atoms with E-state index in [1.165, 1.54) is 24.1 Å². The van der Waals surface area contributed by atoms with Crippen LogP contribution in [0.5, 0.6) is 5.75 Å². The standard InChI is InChI=1S/C27H32F3N3OS/c1-5-33-22(18-34-23-12-10-20(11-13-23)27(28,29)30)17-24(31-33)19-8-6-9-21(16-19)26(14-7-15-26)32-35-25(2,3)4/h6,8-13,16-17,32H,5,7,14-15,18H2,1-4H3. The highest BCUT2D eigenvalue weighted by atomic mass is 32.2. The number of nitrogens with one attached hydrogen (secondary N) is 1. The Morgan fingerprint density at radius 2 is 1.77 bits per heavy atom. The van der Waals surface area contributed by atoms with Crippen molar-refractivity contribution < 1.29 is 17.9 Å². The number of nitrogens with zero attached hydrogens (tertiary/aromatic N) is 2. The lowest BCUT2D eigenvalue weighted by Gasteiger charge is -2.44. The lowest BCUT2D eigenvalue weighted by Crippen LogP contribution is -2.46. The van der Waals surface area contributed by atoms with Crippen LogP contribution in [-0.4, -0.2) is 14.5 Å². The van der Waals surface area contributed by atoms with Gasteiger partial charge in [0.2, 0.25) is 0 Å². The van der Waals surface area contributed by atoms with Gasteiger partial charge in [-0.2, -0.15) is 18.3 Å². The Morgan fingerprint density at radius 1 is 1.06 bits per heavy atom. The van der Waals surface area contributed by atoms with Gasteiger partial charge in [-0.3, -0.25) is 9.40 Å². The summed E-state index contributed by atoms with van der Waals surface area (Å²) in [5.74, 6) is 0.389. The highest BCUT2D eigenvalue weighted by molar-refractivity contribution is 7.98. The summed E-state index contributed by atoms with van der Waals surface area (Å²) in [6, 6.07) is 15.3. The van der Waals surface area contributed by atoms with Gasteiger partial charge in [-0.05, 0) is 88.9 Å². The van der Waals surface area contributed by atoms with E-state index in [1.54, 1.807) is 11.9 Å². The van der Waals surface area contributed by atoms with Crippen molar-refractivity contribution in [1.29, 1.82) is 0 Å². The van der Waals surface area contributed by atoms with E-state index in [9.17, 15) is 13.2 Å². The molecule has 0 aliphatic heterocycles. The van der Waals surface area contributed by atoms with Crippen molar-refractivity contribution in [3.05, 3.63) is 71.4 Å². The van der Waals surface area contributed by atoms with Gasteiger partial charge in [-0.15, -0.1) is 0 Å². The van der Waals surface area contributed by atoms with Crippen LogP contribution < -0.4 is 9.46 Å². The molecule has 1 aliphatic rings. The molecule has 2 aromatic carbocycles. The van der Waals surface area contributed by atoms with E-state index >= 15 is 0 Å². The Kier molecular flexibility index (Phi) is 7.25. The zero-order valence-corrected chi connectivity index (χ0v) is 21.4. The molecule has 35 heavy (non-hydrogen) atoms. The van der Waals surface area contributed by atoms with Gasteiger partial charge in [-0.25, -0.2) is 0 Å². The second-order valence-electron chi connectivity index (χ2n) is 9.98. The Bertz CT molecular complexity index is 1150. The van der Waals surface area contributed by atoms with Crippen LogP contribution in [0.2, 0.25) is 0 Å². The number of ether oxygens (including phenoxy) is 1. The van der Waals surface area contributed by atoms with Gasteiger partial charge in [0.15, 0.2) is 0 Å². The van der Waals surface area contributed by atoms with E-state index in [2.05, 4.69) is 49.8 Å². The van der Waals surface area contributed by atoms with Crippen molar-refractivity contribution in [2.24, 2.45) is 0 Å². The average Bonchev–Trinajstić information content (AvgIpc) is 3.19. The minimum Gasteiger partial charge on any atom is -0.487 e. The Labute approximate surface area is 209 Å². The van der Waals surface area contributed by atoms with Gasteiger partial charge in [0.05, 0.1) is 22.5 Å². The molecule has 1 aromatic heterocycles. The van der Waals surface area contributed by atoms with Gasteiger partial charge in [0.25, 0.3) is 0 Å². The van der Waals surface area contributed by atoms with Crippen molar-refractivity contribution in [2.45, 2.75) is 76.6 Å². The van der Waals surface area contributed by atoms with Crippen molar-refractivity contribution >= 4 is 11.9 Å². The molecule has 1 fully saturated rings. The SMILES string of the molecule is CCn1nc(-c2cccc(C3(NSC(C)(C)C)CCC3)c2)cc1COc1ccc(C(F)(F)F)cc1. The summed E-state index contributed by atoms with van der Waals surface area (Å²) in [6.45, 7) is 9.52. The highest BCUT2D eigenvalue weighted by Gasteiger charge is 2.39. The quantitative estimate of drug-likeness (QED) is 0.322. The minimum atomic E-state index is -4.36. The number of aromatic nitrogens is 2. The molecular formula is C27H32F3N3OS. The molecule has 0 amide bonds. The zero-order chi connectivity index (χ0) is 25.3. The monoisotopic (exact) mass is 503 g/mol. The Balaban J connectivity index is 1.51. The van der Waals surface area contributed by atoms with E-state index in [0.29, 0.717) is 12.3 Å². The summed E-state index contributed by atoms with van der Waals surface area (Å²) in [5, 5.41) is 4.77. The number of rotatable bonds is 8. The van der Waals surface area contributed by atoms with Crippen molar-refractivity contribution in [2.75, 3.05) is 0 Å². The molecule has 1 heterocycles. The van der Waals surface area contributed by atoms with Gasteiger partial charge in [0, 0.05) is 16.9 Å². The number of benzene rings is 2. The van der Waals surface area contributed by atoms with Gasteiger partial charge in [-0.1, -0.05) is 30.1 Å². The van der Waals surface area contributed by atoms with Crippen molar-refractivity contribution in [3.63, 3.8) is 0 Å². The first kappa shape index (κ1) is 25.6. The van der Waals surface area contributed by atoms with E-state index in [1.807, 2.05) is 17.7 Å². The first-order valence-electron chi connectivity index (χ1n) is 11.9. The fraction of sp³-hybridized carbons (Fsp3) is 0.444. The van der Waals surface area contributed by atoms with Crippen LogP contribution in [0, 0.1) is 0 Å². The summed E-state index contributed by atoms with van der Waals surface area (Å²) in [5.41, 5.74) is 3.33. The highest BCUT2D eigenvalue weighted by Crippen LogP contribution is 2.44. The molecule has 0 radical (unpaired) electrons. The second kappa shape index (κ2) is 9.90. The molecule has 0 bridgehead atoms. The molecule has 1 N–H and O–H groups in total.